The van der Waals surface area contributed by atoms with Gasteiger partial charge in [-0.15, -0.1) is 0 Å². The molecule has 14 heavy (non-hydrogen) atoms. The first-order valence-corrected chi connectivity index (χ1v) is 4.25. The highest BCUT2D eigenvalue weighted by atomic mass is 16.5. The van der Waals surface area contributed by atoms with Crippen molar-refractivity contribution in [3.63, 3.8) is 0 Å². The van der Waals surface area contributed by atoms with Crippen molar-refractivity contribution in [3.05, 3.63) is 0 Å². The van der Waals surface area contributed by atoms with E-state index in [2.05, 4.69) is 5.32 Å². The number of carbonyl (C=O) groups is 2. The third-order valence-corrected chi connectivity index (χ3v) is 1.59. The molecule has 0 fully saturated rings. The maximum atomic E-state index is 10.5. The first-order chi connectivity index (χ1) is 6.57. The highest BCUT2D eigenvalue weighted by molar-refractivity contribution is 5.80. The van der Waals surface area contributed by atoms with Gasteiger partial charge in [0.25, 0.3) is 0 Å². The molecule has 0 aromatic carbocycles. The van der Waals surface area contributed by atoms with Crippen molar-refractivity contribution in [2.75, 3.05) is 20.3 Å². The van der Waals surface area contributed by atoms with Crippen LogP contribution in [0.25, 0.3) is 0 Å². The molecule has 6 nitrogen and oxygen atoms in total. The summed E-state index contributed by atoms with van der Waals surface area (Å²) in [6.07, 6.45) is 0.238. The summed E-state index contributed by atoms with van der Waals surface area (Å²) >= 11 is 0. The average molecular weight is 205 g/mol. The first kappa shape index (κ1) is 12.9. The van der Waals surface area contributed by atoms with Crippen molar-refractivity contribution in [1.29, 1.82) is 0 Å². The lowest BCUT2D eigenvalue weighted by Gasteiger charge is -2.11. The van der Waals surface area contributed by atoms with Gasteiger partial charge in [0.1, 0.15) is 6.04 Å². The second-order valence-corrected chi connectivity index (χ2v) is 2.79. The van der Waals surface area contributed by atoms with Crippen LogP contribution in [0.5, 0.6) is 0 Å². The van der Waals surface area contributed by atoms with Gasteiger partial charge >= 0.3 is 11.9 Å². The van der Waals surface area contributed by atoms with E-state index in [0.717, 1.165) is 0 Å². The molecule has 82 valence electrons. The van der Waals surface area contributed by atoms with E-state index in [1.54, 1.807) is 7.11 Å². The largest absolute Gasteiger partial charge is 0.481 e. The Morgan fingerprint density at radius 3 is 2.50 bits per heavy atom. The van der Waals surface area contributed by atoms with Crippen LogP contribution >= 0.6 is 0 Å². The Hall–Kier alpha value is -1.14. The van der Waals surface area contributed by atoms with E-state index >= 15 is 0 Å². The summed E-state index contributed by atoms with van der Waals surface area (Å²) in [4.78, 5) is 20.8. The molecule has 0 rings (SSSR count). The summed E-state index contributed by atoms with van der Waals surface area (Å²) in [6, 6.07) is -1.02. The highest BCUT2D eigenvalue weighted by Crippen LogP contribution is 1.93. The summed E-state index contributed by atoms with van der Waals surface area (Å²) in [5.41, 5.74) is 0. The number of hydrogen-bond acceptors (Lipinski definition) is 4. The highest BCUT2D eigenvalue weighted by Gasteiger charge is 2.19. The van der Waals surface area contributed by atoms with Gasteiger partial charge in [0.2, 0.25) is 0 Å². The molecule has 0 aromatic heterocycles. The molecule has 0 spiro atoms. The van der Waals surface area contributed by atoms with Crippen LogP contribution in [0.2, 0.25) is 0 Å². The van der Waals surface area contributed by atoms with E-state index in [-0.39, 0.29) is 0 Å². The predicted octanol–water partition coefficient (Wildman–Crippen LogP) is -0.460. The molecule has 0 saturated heterocycles. The minimum absolute atomic E-state index is 0.414. The van der Waals surface area contributed by atoms with Gasteiger partial charge in [0.15, 0.2) is 0 Å². The lowest BCUT2D eigenvalue weighted by Crippen LogP contribution is -2.39. The quantitative estimate of drug-likeness (QED) is 0.464. The molecule has 0 aliphatic carbocycles. The van der Waals surface area contributed by atoms with E-state index in [1.807, 2.05) is 0 Å². The molecule has 0 aliphatic rings. The molecular formula is C8H15NO5. The van der Waals surface area contributed by atoms with Crippen molar-refractivity contribution < 1.29 is 24.5 Å². The van der Waals surface area contributed by atoms with E-state index < -0.39 is 24.4 Å². The molecule has 0 aromatic rings. The van der Waals surface area contributed by atoms with Gasteiger partial charge in [-0.25, -0.2) is 0 Å². The Kier molecular flexibility index (Phi) is 6.69. The molecule has 0 saturated carbocycles. The number of nitrogens with one attached hydrogen (secondary N) is 1. The SMILES string of the molecule is COCCCNC(CC(=O)O)C(=O)O. The topological polar surface area (TPSA) is 95.9 Å². The Morgan fingerprint density at radius 1 is 1.43 bits per heavy atom. The van der Waals surface area contributed by atoms with Gasteiger partial charge in [0, 0.05) is 13.7 Å². The van der Waals surface area contributed by atoms with Gasteiger partial charge in [-0.1, -0.05) is 0 Å². The van der Waals surface area contributed by atoms with Crippen molar-refractivity contribution >= 4 is 11.9 Å². The molecule has 0 aliphatic heterocycles. The summed E-state index contributed by atoms with van der Waals surface area (Å²) in [7, 11) is 1.55. The van der Waals surface area contributed by atoms with Gasteiger partial charge in [0.05, 0.1) is 6.42 Å². The molecule has 3 N–H and O–H groups in total. The van der Waals surface area contributed by atoms with Crippen LogP contribution in [0.1, 0.15) is 12.8 Å². The minimum atomic E-state index is -1.15. The number of methoxy groups -OCH3 is 1. The smallest absolute Gasteiger partial charge is 0.321 e. The summed E-state index contributed by atoms with van der Waals surface area (Å²) < 4.78 is 4.76. The molecular weight excluding hydrogens is 190 g/mol. The van der Waals surface area contributed by atoms with Crippen LogP contribution in [0.3, 0.4) is 0 Å². The number of ether oxygens (including phenoxy) is 1. The number of carboxylic acids is 2. The molecule has 6 heteroatoms. The van der Waals surface area contributed by atoms with Crippen molar-refractivity contribution in [2.24, 2.45) is 0 Å². The fourth-order valence-corrected chi connectivity index (χ4v) is 0.914. The Labute approximate surface area is 81.9 Å². The van der Waals surface area contributed by atoms with E-state index in [1.165, 1.54) is 0 Å². The van der Waals surface area contributed by atoms with Crippen LogP contribution in [-0.4, -0.2) is 48.5 Å². The minimum Gasteiger partial charge on any atom is -0.481 e. The van der Waals surface area contributed by atoms with Crippen LogP contribution in [0, 0.1) is 0 Å². The lowest BCUT2D eigenvalue weighted by atomic mass is 10.2. The number of carboxylic acid groups (broad SMARTS) is 2. The normalized spacial score (nSPS) is 12.4. The standard InChI is InChI=1S/C8H15NO5/c1-14-4-2-3-9-6(8(12)13)5-7(10)11/h6,9H,2-5H2,1H3,(H,10,11)(H,12,13). The molecule has 0 amide bonds. The number of hydrogen-bond donors (Lipinski definition) is 3. The van der Waals surface area contributed by atoms with Gasteiger partial charge in [-0.2, -0.15) is 0 Å². The predicted molar refractivity (Wildman–Crippen MR) is 48.2 cm³/mol. The molecule has 0 bridgehead atoms. The summed E-state index contributed by atoms with van der Waals surface area (Å²) in [6.45, 7) is 0.949. The molecule has 1 unspecified atom stereocenters. The second kappa shape index (κ2) is 7.28. The van der Waals surface area contributed by atoms with Crippen LogP contribution in [-0.2, 0) is 14.3 Å². The van der Waals surface area contributed by atoms with Crippen molar-refractivity contribution in [3.8, 4) is 0 Å². The zero-order valence-corrected chi connectivity index (χ0v) is 8.02. The summed E-state index contributed by atoms with van der Waals surface area (Å²) in [5.74, 6) is -2.28. The maximum absolute atomic E-state index is 10.5. The Morgan fingerprint density at radius 2 is 2.07 bits per heavy atom. The van der Waals surface area contributed by atoms with Crippen LogP contribution in [0.15, 0.2) is 0 Å². The van der Waals surface area contributed by atoms with E-state index in [9.17, 15) is 9.59 Å². The third kappa shape index (κ3) is 6.38. The Balaban J connectivity index is 3.74. The molecule has 0 heterocycles. The lowest BCUT2D eigenvalue weighted by molar-refractivity contribution is -0.145. The second-order valence-electron chi connectivity index (χ2n) is 2.79. The van der Waals surface area contributed by atoms with Crippen molar-refractivity contribution in [1.82, 2.24) is 5.32 Å². The van der Waals surface area contributed by atoms with E-state index in [0.29, 0.717) is 19.6 Å². The van der Waals surface area contributed by atoms with Gasteiger partial charge in [-0.05, 0) is 13.0 Å². The fourth-order valence-electron chi connectivity index (χ4n) is 0.914. The first-order valence-electron chi connectivity index (χ1n) is 4.25. The zero-order valence-electron chi connectivity index (χ0n) is 8.02. The number of aliphatic carboxylic acids is 2. The Bertz CT molecular complexity index is 194. The van der Waals surface area contributed by atoms with Gasteiger partial charge < -0.3 is 20.3 Å². The fraction of sp³-hybridized carbons (Fsp3) is 0.750. The monoisotopic (exact) mass is 205 g/mol. The van der Waals surface area contributed by atoms with Gasteiger partial charge in [-0.3, -0.25) is 9.59 Å². The molecule has 1 atom stereocenters. The molecule has 0 radical (unpaired) electrons. The number of rotatable bonds is 8. The zero-order chi connectivity index (χ0) is 11.0. The third-order valence-electron chi connectivity index (χ3n) is 1.59. The van der Waals surface area contributed by atoms with Crippen LogP contribution in [0.4, 0.5) is 0 Å². The van der Waals surface area contributed by atoms with Crippen molar-refractivity contribution in [2.45, 2.75) is 18.9 Å². The maximum Gasteiger partial charge on any atom is 0.321 e. The summed E-state index contributed by atoms with van der Waals surface area (Å²) in [5, 5.41) is 19.7. The van der Waals surface area contributed by atoms with Crippen LogP contribution < -0.4 is 5.32 Å². The average Bonchev–Trinajstić information content (AvgIpc) is 2.09. The van der Waals surface area contributed by atoms with E-state index in [4.69, 9.17) is 14.9 Å².